The number of ether oxygens (including phenoxy) is 2. The standard InChI is InChI=1S/C24H32FN4O4P/c1-23(2,3)33-22(30)29-11-9-24(8-10-26-14-24)21(29)20-18(13-27-15-28-20)32-17-7-6-16(25)12-19(17)34(4,5)31/h6-7,12-13,15,21,26H,8-11,14H2,1-5H3. The van der Waals surface area contributed by atoms with Crippen LogP contribution in [0.4, 0.5) is 9.18 Å². The van der Waals surface area contributed by atoms with Crippen LogP contribution in [0.15, 0.2) is 30.7 Å². The van der Waals surface area contributed by atoms with Gasteiger partial charge in [-0.1, -0.05) is 0 Å². The SMILES string of the molecule is CC(C)(C)OC(=O)N1CCC2(CCNC2)C1c1ncncc1Oc1ccc(F)cc1P(C)(C)=O. The zero-order valence-corrected chi connectivity index (χ0v) is 21.2. The summed E-state index contributed by atoms with van der Waals surface area (Å²) in [5.41, 5.74) is -0.304. The van der Waals surface area contributed by atoms with Crippen LogP contribution in [-0.2, 0) is 9.30 Å². The van der Waals surface area contributed by atoms with Gasteiger partial charge in [-0.3, -0.25) is 4.90 Å². The topological polar surface area (TPSA) is 93.7 Å². The van der Waals surface area contributed by atoms with E-state index < -0.39 is 30.7 Å². The number of carbonyl (C=O) groups excluding carboxylic acids is 1. The molecular weight excluding hydrogens is 458 g/mol. The fourth-order valence-corrected chi connectivity index (χ4v) is 5.92. The summed E-state index contributed by atoms with van der Waals surface area (Å²) >= 11 is 0. The van der Waals surface area contributed by atoms with E-state index in [9.17, 15) is 13.8 Å². The van der Waals surface area contributed by atoms with Crippen molar-refractivity contribution in [3.05, 3.63) is 42.2 Å². The molecule has 0 radical (unpaired) electrons. The van der Waals surface area contributed by atoms with Gasteiger partial charge >= 0.3 is 6.09 Å². The molecule has 1 amide bonds. The second-order valence-electron chi connectivity index (χ2n) is 10.5. The first kappa shape index (κ1) is 24.6. The summed E-state index contributed by atoms with van der Waals surface area (Å²) in [6.45, 7) is 10.8. The zero-order valence-electron chi connectivity index (χ0n) is 20.3. The summed E-state index contributed by atoms with van der Waals surface area (Å²) in [6.07, 6.45) is 4.24. The molecule has 10 heteroatoms. The van der Waals surface area contributed by atoms with E-state index in [1.165, 1.54) is 30.7 Å². The van der Waals surface area contributed by atoms with Crippen LogP contribution in [0.2, 0.25) is 0 Å². The van der Waals surface area contributed by atoms with Crippen molar-refractivity contribution in [2.24, 2.45) is 5.41 Å². The normalized spacial score (nSPS) is 22.9. The van der Waals surface area contributed by atoms with Gasteiger partial charge in [0.15, 0.2) is 5.75 Å². The van der Waals surface area contributed by atoms with Gasteiger partial charge in [0.05, 0.1) is 17.5 Å². The third-order valence-electron chi connectivity index (χ3n) is 6.33. The summed E-state index contributed by atoms with van der Waals surface area (Å²) in [5, 5.41) is 3.73. The second-order valence-corrected chi connectivity index (χ2v) is 13.6. The first-order chi connectivity index (χ1) is 15.9. The molecule has 2 aliphatic rings. The molecule has 8 nitrogen and oxygen atoms in total. The Hall–Kier alpha value is -2.51. The van der Waals surface area contributed by atoms with Gasteiger partial charge < -0.3 is 19.4 Å². The average molecular weight is 491 g/mol. The molecule has 0 bridgehead atoms. The van der Waals surface area contributed by atoms with Gasteiger partial charge in [-0.05, 0) is 71.7 Å². The van der Waals surface area contributed by atoms with Gasteiger partial charge in [0.25, 0.3) is 0 Å². The van der Waals surface area contributed by atoms with E-state index in [1.807, 2.05) is 20.8 Å². The number of halogens is 1. The first-order valence-corrected chi connectivity index (χ1v) is 14.0. The maximum absolute atomic E-state index is 14.0. The third kappa shape index (κ3) is 4.96. The molecule has 2 saturated heterocycles. The first-order valence-electron chi connectivity index (χ1n) is 11.4. The molecule has 3 heterocycles. The molecule has 4 rings (SSSR count). The monoisotopic (exact) mass is 490 g/mol. The van der Waals surface area contributed by atoms with Crippen molar-refractivity contribution in [1.82, 2.24) is 20.2 Å². The van der Waals surface area contributed by atoms with Crippen LogP contribution < -0.4 is 15.4 Å². The Labute approximate surface area is 199 Å². The molecule has 1 aromatic carbocycles. The lowest BCUT2D eigenvalue weighted by Crippen LogP contribution is -2.40. The maximum Gasteiger partial charge on any atom is 0.410 e. The highest BCUT2D eigenvalue weighted by molar-refractivity contribution is 7.70. The summed E-state index contributed by atoms with van der Waals surface area (Å²) in [7, 11) is -2.84. The predicted molar refractivity (Wildman–Crippen MR) is 128 cm³/mol. The largest absolute Gasteiger partial charge is 0.453 e. The van der Waals surface area contributed by atoms with Crippen LogP contribution in [0.1, 0.15) is 45.3 Å². The van der Waals surface area contributed by atoms with Crippen molar-refractivity contribution in [2.75, 3.05) is 33.0 Å². The molecule has 1 aromatic heterocycles. The van der Waals surface area contributed by atoms with Crippen molar-refractivity contribution in [2.45, 2.75) is 45.3 Å². The summed E-state index contributed by atoms with van der Waals surface area (Å²) < 4.78 is 38.7. The van der Waals surface area contributed by atoms with Crippen molar-refractivity contribution in [1.29, 1.82) is 0 Å². The van der Waals surface area contributed by atoms with Crippen molar-refractivity contribution in [3.8, 4) is 11.5 Å². The van der Waals surface area contributed by atoms with E-state index in [2.05, 4.69) is 15.3 Å². The zero-order chi connectivity index (χ0) is 24.7. The Balaban J connectivity index is 1.77. The minimum atomic E-state index is -2.84. The lowest BCUT2D eigenvalue weighted by molar-refractivity contribution is 0.0160. The Bertz CT molecular complexity index is 1120. The molecule has 0 aliphatic carbocycles. The highest BCUT2D eigenvalue weighted by Crippen LogP contribution is 2.53. The molecule has 2 aliphatic heterocycles. The van der Waals surface area contributed by atoms with E-state index in [4.69, 9.17) is 9.47 Å². The summed E-state index contributed by atoms with van der Waals surface area (Å²) in [4.78, 5) is 23.6. The van der Waals surface area contributed by atoms with Gasteiger partial charge in [0.2, 0.25) is 0 Å². The number of carbonyl (C=O) groups is 1. The Kier molecular flexibility index (Phi) is 6.46. The van der Waals surface area contributed by atoms with E-state index in [-0.39, 0.29) is 11.2 Å². The lowest BCUT2D eigenvalue weighted by Gasteiger charge is -2.35. The molecule has 2 unspecified atom stereocenters. The van der Waals surface area contributed by atoms with Crippen molar-refractivity contribution >= 4 is 18.5 Å². The maximum atomic E-state index is 14.0. The highest BCUT2D eigenvalue weighted by Gasteiger charge is 2.53. The number of likely N-dealkylation sites (tertiary alicyclic amines) is 1. The van der Waals surface area contributed by atoms with Crippen molar-refractivity contribution in [3.63, 3.8) is 0 Å². The second kappa shape index (κ2) is 8.93. The number of hydrogen-bond acceptors (Lipinski definition) is 7. The smallest absolute Gasteiger partial charge is 0.410 e. The number of nitrogens with zero attached hydrogens (tertiary/aromatic N) is 3. The van der Waals surface area contributed by atoms with E-state index in [1.54, 1.807) is 18.2 Å². The third-order valence-corrected chi connectivity index (χ3v) is 7.84. The fraction of sp³-hybridized carbons (Fsp3) is 0.542. The number of nitrogens with one attached hydrogen (secondary N) is 1. The summed E-state index contributed by atoms with van der Waals surface area (Å²) in [6, 6.07) is 3.58. The average Bonchev–Trinajstić information content (AvgIpc) is 3.35. The molecule has 2 fully saturated rings. The van der Waals surface area contributed by atoms with E-state index in [0.29, 0.717) is 23.3 Å². The molecule has 184 valence electrons. The molecule has 2 atom stereocenters. The van der Waals surface area contributed by atoms with Crippen LogP contribution in [0.5, 0.6) is 11.5 Å². The summed E-state index contributed by atoms with van der Waals surface area (Å²) in [5.74, 6) is 0.139. The highest BCUT2D eigenvalue weighted by atomic mass is 31.2. The van der Waals surface area contributed by atoms with Crippen molar-refractivity contribution < 1.29 is 23.2 Å². The molecule has 34 heavy (non-hydrogen) atoms. The predicted octanol–water partition coefficient (Wildman–Crippen LogP) is 4.32. The Morgan fingerprint density at radius 2 is 2.03 bits per heavy atom. The minimum Gasteiger partial charge on any atom is -0.453 e. The number of benzene rings is 1. The molecule has 1 spiro atoms. The molecule has 2 aromatic rings. The van der Waals surface area contributed by atoms with Crippen LogP contribution >= 0.6 is 7.14 Å². The van der Waals surface area contributed by atoms with Gasteiger partial charge in [0.1, 0.15) is 36.3 Å². The quantitative estimate of drug-likeness (QED) is 0.638. The molecule has 1 N–H and O–H groups in total. The number of hydrogen-bond donors (Lipinski definition) is 1. The lowest BCUT2D eigenvalue weighted by atomic mass is 9.78. The Morgan fingerprint density at radius 3 is 2.68 bits per heavy atom. The number of aromatic nitrogens is 2. The van der Waals surface area contributed by atoms with E-state index in [0.717, 1.165) is 25.9 Å². The van der Waals surface area contributed by atoms with Gasteiger partial charge in [-0.2, -0.15) is 0 Å². The van der Waals surface area contributed by atoms with E-state index >= 15 is 0 Å². The van der Waals surface area contributed by atoms with Crippen LogP contribution in [0, 0.1) is 11.2 Å². The van der Waals surface area contributed by atoms with Gasteiger partial charge in [-0.15, -0.1) is 0 Å². The minimum absolute atomic E-state index is 0.222. The fourth-order valence-electron chi connectivity index (χ4n) is 4.83. The van der Waals surface area contributed by atoms with Crippen LogP contribution in [0.3, 0.4) is 0 Å². The molecular formula is C24H32FN4O4P. The number of rotatable bonds is 4. The Morgan fingerprint density at radius 1 is 1.26 bits per heavy atom. The molecule has 0 saturated carbocycles. The van der Waals surface area contributed by atoms with Gasteiger partial charge in [-0.25, -0.2) is 19.2 Å². The van der Waals surface area contributed by atoms with Crippen LogP contribution in [-0.4, -0.2) is 59.5 Å². The van der Waals surface area contributed by atoms with Gasteiger partial charge in [0, 0.05) is 18.5 Å². The van der Waals surface area contributed by atoms with Crippen LogP contribution in [0.25, 0.3) is 0 Å². The number of amides is 1.